The van der Waals surface area contributed by atoms with Crippen LogP contribution < -0.4 is 5.56 Å². The number of nitrogens with zero attached hydrogens (tertiary/aromatic N) is 1. The average molecular weight is 315 g/mol. The van der Waals surface area contributed by atoms with Crippen molar-refractivity contribution in [1.29, 1.82) is 0 Å². The molecule has 0 aliphatic heterocycles. The van der Waals surface area contributed by atoms with E-state index < -0.39 is 0 Å². The average Bonchev–Trinajstić information content (AvgIpc) is 2.28. The summed E-state index contributed by atoms with van der Waals surface area (Å²) in [7, 11) is 0. The molecule has 3 nitrogen and oxygen atoms in total. The maximum atomic E-state index is 12.9. The molecule has 1 N–H and O–H groups in total. The Bertz CT molecular complexity index is 588. The normalized spacial score (nSPS) is 10.5. The lowest BCUT2D eigenvalue weighted by atomic mass is 10.2. The Morgan fingerprint density at radius 1 is 1.41 bits per heavy atom. The molecule has 0 aliphatic rings. The maximum absolute atomic E-state index is 12.9. The molecule has 0 atom stereocenters. The maximum Gasteiger partial charge on any atom is 0.251 e. The van der Waals surface area contributed by atoms with E-state index in [1.165, 1.54) is 36.2 Å². The molecule has 2 rings (SSSR count). The van der Waals surface area contributed by atoms with E-state index >= 15 is 0 Å². The topological polar surface area (TPSA) is 45.8 Å². The van der Waals surface area contributed by atoms with Crippen molar-refractivity contribution >= 4 is 27.7 Å². The minimum Gasteiger partial charge on any atom is -0.301 e. The van der Waals surface area contributed by atoms with E-state index in [4.69, 9.17) is 0 Å². The number of halogens is 2. The highest BCUT2D eigenvalue weighted by Gasteiger charge is 2.03. The summed E-state index contributed by atoms with van der Waals surface area (Å²) in [5.74, 6) is 0.324. The molecule has 0 fully saturated rings. The first-order valence-corrected chi connectivity index (χ1v) is 6.55. The number of hydrogen-bond acceptors (Lipinski definition) is 3. The quantitative estimate of drug-likeness (QED) is 0.700. The van der Waals surface area contributed by atoms with Gasteiger partial charge in [0, 0.05) is 22.5 Å². The van der Waals surface area contributed by atoms with Gasteiger partial charge in [-0.3, -0.25) is 4.79 Å². The van der Waals surface area contributed by atoms with Crippen LogP contribution in [0.2, 0.25) is 0 Å². The molecular formula is C11H8BrFN2OS. The lowest BCUT2D eigenvalue weighted by molar-refractivity contribution is 0.626. The van der Waals surface area contributed by atoms with Crippen LogP contribution in [-0.2, 0) is 5.75 Å². The molecule has 0 radical (unpaired) electrons. The van der Waals surface area contributed by atoms with Crippen molar-refractivity contribution in [3.63, 3.8) is 0 Å². The highest BCUT2D eigenvalue weighted by Crippen LogP contribution is 2.24. The van der Waals surface area contributed by atoms with Crippen LogP contribution in [0.25, 0.3) is 0 Å². The van der Waals surface area contributed by atoms with Crippen molar-refractivity contribution in [2.75, 3.05) is 0 Å². The summed E-state index contributed by atoms with van der Waals surface area (Å²) < 4.78 is 13.6. The third-order valence-corrected chi connectivity index (χ3v) is 3.70. The fourth-order valence-electron chi connectivity index (χ4n) is 1.21. The van der Waals surface area contributed by atoms with Gasteiger partial charge in [0.25, 0.3) is 5.56 Å². The van der Waals surface area contributed by atoms with Gasteiger partial charge in [0.2, 0.25) is 0 Å². The van der Waals surface area contributed by atoms with Crippen molar-refractivity contribution < 1.29 is 4.39 Å². The summed E-state index contributed by atoms with van der Waals surface area (Å²) in [6.45, 7) is 0. The van der Waals surface area contributed by atoms with Crippen molar-refractivity contribution in [2.45, 2.75) is 10.9 Å². The zero-order valence-electron chi connectivity index (χ0n) is 8.61. The molecule has 1 heterocycles. The third kappa shape index (κ3) is 3.41. The van der Waals surface area contributed by atoms with E-state index in [0.717, 1.165) is 5.56 Å². The molecule has 0 spiro atoms. The minimum atomic E-state index is -0.281. The van der Waals surface area contributed by atoms with Crippen molar-refractivity contribution in [2.24, 2.45) is 0 Å². The number of nitrogens with one attached hydrogen (secondary N) is 1. The number of benzene rings is 1. The van der Waals surface area contributed by atoms with Crippen LogP contribution in [0.3, 0.4) is 0 Å². The molecule has 0 unspecified atom stereocenters. The molecule has 0 saturated heterocycles. The smallest absolute Gasteiger partial charge is 0.251 e. The van der Waals surface area contributed by atoms with Gasteiger partial charge in [-0.05, 0) is 17.7 Å². The molecule has 2 aromatic rings. The first-order chi connectivity index (χ1) is 8.15. The molecule has 1 aromatic heterocycles. The Labute approximate surface area is 110 Å². The van der Waals surface area contributed by atoms with E-state index in [2.05, 4.69) is 25.9 Å². The summed E-state index contributed by atoms with van der Waals surface area (Å²) in [6.07, 6.45) is 1.46. The van der Waals surface area contributed by atoms with Crippen LogP contribution in [-0.4, -0.2) is 9.97 Å². The van der Waals surface area contributed by atoms with E-state index in [0.29, 0.717) is 15.4 Å². The van der Waals surface area contributed by atoms with Crippen LogP contribution in [0.5, 0.6) is 0 Å². The Hall–Kier alpha value is -1.14. The van der Waals surface area contributed by atoms with E-state index in [1.54, 1.807) is 6.07 Å². The highest BCUT2D eigenvalue weighted by atomic mass is 79.9. The van der Waals surface area contributed by atoms with E-state index in [9.17, 15) is 9.18 Å². The van der Waals surface area contributed by atoms with Gasteiger partial charge in [-0.25, -0.2) is 9.37 Å². The lowest BCUT2D eigenvalue weighted by Crippen LogP contribution is -2.05. The fraction of sp³-hybridized carbons (Fsp3) is 0.0909. The largest absolute Gasteiger partial charge is 0.301 e. The van der Waals surface area contributed by atoms with Crippen molar-refractivity contribution in [3.8, 4) is 0 Å². The number of aromatic nitrogens is 2. The van der Waals surface area contributed by atoms with Crippen LogP contribution >= 0.6 is 27.7 Å². The van der Waals surface area contributed by atoms with Gasteiger partial charge in [0.1, 0.15) is 5.82 Å². The van der Waals surface area contributed by atoms with Gasteiger partial charge in [-0.2, -0.15) is 0 Å². The molecule has 0 amide bonds. The Morgan fingerprint density at radius 3 is 2.94 bits per heavy atom. The second kappa shape index (κ2) is 5.46. The number of rotatable bonds is 3. The molecule has 0 saturated carbocycles. The lowest BCUT2D eigenvalue weighted by Gasteiger charge is -2.03. The molecule has 0 aliphatic carbocycles. The predicted molar refractivity (Wildman–Crippen MR) is 68.5 cm³/mol. The second-order valence-electron chi connectivity index (χ2n) is 3.26. The van der Waals surface area contributed by atoms with Crippen LogP contribution in [0.4, 0.5) is 4.39 Å². The highest BCUT2D eigenvalue weighted by molar-refractivity contribution is 9.10. The van der Waals surface area contributed by atoms with Gasteiger partial charge in [0.15, 0.2) is 5.16 Å². The number of aromatic amines is 1. The summed E-state index contributed by atoms with van der Waals surface area (Å²) in [4.78, 5) is 17.7. The Kier molecular flexibility index (Phi) is 3.96. The monoisotopic (exact) mass is 314 g/mol. The van der Waals surface area contributed by atoms with Crippen LogP contribution in [0, 0.1) is 5.82 Å². The predicted octanol–water partition coefficient (Wildman–Crippen LogP) is 2.96. The van der Waals surface area contributed by atoms with Gasteiger partial charge in [-0.15, -0.1) is 0 Å². The van der Waals surface area contributed by atoms with Crippen molar-refractivity contribution in [3.05, 3.63) is 56.7 Å². The van der Waals surface area contributed by atoms with E-state index in [1.807, 2.05) is 0 Å². The summed E-state index contributed by atoms with van der Waals surface area (Å²) >= 11 is 4.68. The zero-order valence-corrected chi connectivity index (χ0v) is 11.0. The SMILES string of the molecule is O=c1ccnc(SCc2ccc(F)cc2Br)[nH]1. The van der Waals surface area contributed by atoms with Crippen LogP contribution in [0.15, 0.2) is 44.9 Å². The number of thioether (sulfide) groups is 1. The third-order valence-electron chi connectivity index (χ3n) is 2.03. The van der Waals surface area contributed by atoms with Gasteiger partial charge >= 0.3 is 0 Å². The van der Waals surface area contributed by atoms with Crippen LogP contribution in [0.1, 0.15) is 5.56 Å². The molecule has 88 valence electrons. The van der Waals surface area contributed by atoms with Gasteiger partial charge in [0.05, 0.1) is 0 Å². The Morgan fingerprint density at radius 2 is 2.24 bits per heavy atom. The first-order valence-electron chi connectivity index (χ1n) is 4.77. The Balaban J connectivity index is 2.10. The zero-order chi connectivity index (χ0) is 12.3. The minimum absolute atomic E-state index is 0.180. The molecule has 17 heavy (non-hydrogen) atoms. The second-order valence-corrected chi connectivity index (χ2v) is 5.08. The molecule has 0 bridgehead atoms. The summed E-state index contributed by atoms with van der Waals surface area (Å²) in [6, 6.07) is 5.88. The standard InChI is InChI=1S/C11H8BrFN2OS/c12-9-5-8(13)2-1-7(9)6-17-11-14-4-3-10(16)15-11/h1-5H,6H2,(H,14,15,16). The van der Waals surface area contributed by atoms with Gasteiger partial charge in [-0.1, -0.05) is 33.8 Å². The summed E-state index contributed by atoms with van der Waals surface area (Å²) in [5, 5.41) is 0.550. The molecule has 6 heteroatoms. The first kappa shape index (κ1) is 12.3. The van der Waals surface area contributed by atoms with Gasteiger partial charge < -0.3 is 4.98 Å². The molecular weight excluding hydrogens is 307 g/mol. The fourth-order valence-corrected chi connectivity index (χ4v) is 2.74. The molecule has 1 aromatic carbocycles. The number of hydrogen-bond donors (Lipinski definition) is 1. The van der Waals surface area contributed by atoms with E-state index in [-0.39, 0.29) is 11.4 Å². The van der Waals surface area contributed by atoms with Crippen molar-refractivity contribution in [1.82, 2.24) is 9.97 Å². The summed E-state index contributed by atoms with van der Waals surface area (Å²) in [5.41, 5.74) is 0.767. The number of H-pyrrole nitrogens is 1.